The number of hydrogen-bond donors (Lipinski definition) is 1. The van der Waals surface area contributed by atoms with Gasteiger partial charge in [0.05, 0.1) is 6.42 Å². The third kappa shape index (κ3) is 4.57. The highest BCUT2D eigenvalue weighted by atomic mass is 16.4. The maximum Gasteiger partial charge on any atom is 0.244 e. The first-order valence-electron chi connectivity index (χ1n) is 10.9. The van der Waals surface area contributed by atoms with Crippen molar-refractivity contribution in [3.8, 4) is 0 Å². The number of nitrogens with zero attached hydrogens (tertiary/aromatic N) is 4. The smallest absolute Gasteiger partial charge is 0.244 e. The van der Waals surface area contributed by atoms with Crippen LogP contribution < -0.4 is 0 Å². The molecule has 162 valence electrons. The van der Waals surface area contributed by atoms with E-state index in [1.165, 1.54) is 22.3 Å². The monoisotopic (exact) mass is 412 g/mol. The molecule has 7 nitrogen and oxygen atoms in total. The van der Waals surface area contributed by atoms with Crippen LogP contribution in [0.25, 0.3) is 0 Å². The summed E-state index contributed by atoms with van der Waals surface area (Å²) < 4.78 is 5.59. The summed E-state index contributed by atoms with van der Waals surface area (Å²) in [7, 11) is 0. The number of benzene rings is 1. The molecule has 1 amide bonds. The normalized spacial score (nSPS) is 21.1. The Morgan fingerprint density at radius 3 is 2.60 bits per heavy atom. The topological polar surface area (TPSA) is 82.7 Å². The fourth-order valence-corrected chi connectivity index (χ4v) is 4.34. The van der Waals surface area contributed by atoms with Gasteiger partial charge >= 0.3 is 0 Å². The minimum atomic E-state index is -0.757. The number of amides is 1. The molecule has 2 aromatic rings. The van der Waals surface area contributed by atoms with Crippen LogP contribution in [0.4, 0.5) is 0 Å². The molecule has 1 aromatic carbocycles. The number of rotatable bonds is 6. The van der Waals surface area contributed by atoms with Crippen LogP contribution in [0.15, 0.2) is 16.5 Å². The van der Waals surface area contributed by atoms with Crippen molar-refractivity contribution >= 4 is 5.91 Å². The van der Waals surface area contributed by atoms with Crippen LogP contribution in [-0.4, -0.2) is 56.7 Å². The van der Waals surface area contributed by atoms with Gasteiger partial charge in [-0.1, -0.05) is 17.7 Å². The molecule has 1 aliphatic carbocycles. The summed E-state index contributed by atoms with van der Waals surface area (Å²) in [6.07, 6.45) is 1.93. The zero-order valence-electron chi connectivity index (χ0n) is 18.4. The van der Waals surface area contributed by atoms with Crippen molar-refractivity contribution in [1.29, 1.82) is 0 Å². The lowest BCUT2D eigenvalue weighted by Gasteiger charge is -2.40. The standard InChI is InChI=1S/C23H32N4O3/c1-14-9-19(11-21-24-25-22(30-21)17(4)28)16(3)20(10-14)13-26-7-8-27(15(2)12-26)23(29)18-5-6-18/h9-10,15,17-18,28H,5-8,11-13H2,1-4H3/t15-,17+/m0/s1. The summed E-state index contributed by atoms with van der Waals surface area (Å²) >= 11 is 0. The van der Waals surface area contributed by atoms with Gasteiger partial charge in [0.2, 0.25) is 17.7 Å². The van der Waals surface area contributed by atoms with Crippen molar-refractivity contribution in [2.24, 2.45) is 5.92 Å². The third-order valence-electron chi connectivity index (χ3n) is 6.26. The summed E-state index contributed by atoms with van der Waals surface area (Å²) in [6, 6.07) is 4.67. The van der Waals surface area contributed by atoms with Gasteiger partial charge in [0.1, 0.15) is 6.10 Å². The second kappa shape index (κ2) is 8.47. The zero-order chi connectivity index (χ0) is 21.4. The molecule has 1 saturated heterocycles. The Morgan fingerprint density at radius 2 is 1.97 bits per heavy atom. The Bertz CT molecular complexity index is 919. The number of carbonyl (C=O) groups excluding carboxylic acids is 1. The molecule has 2 atom stereocenters. The number of piperazine rings is 1. The van der Waals surface area contributed by atoms with E-state index >= 15 is 0 Å². The molecule has 0 radical (unpaired) electrons. The minimum Gasteiger partial charge on any atom is -0.422 e. The van der Waals surface area contributed by atoms with Gasteiger partial charge in [-0.25, -0.2) is 0 Å². The molecule has 0 spiro atoms. The van der Waals surface area contributed by atoms with E-state index in [2.05, 4.69) is 52.9 Å². The maximum atomic E-state index is 12.5. The zero-order valence-corrected chi connectivity index (χ0v) is 18.4. The SMILES string of the molecule is Cc1cc(Cc2nnc([C@@H](C)O)o2)c(C)c(CN2CCN(C(=O)C3CC3)[C@@H](C)C2)c1. The Morgan fingerprint density at radius 1 is 1.23 bits per heavy atom. The maximum absolute atomic E-state index is 12.5. The lowest BCUT2D eigenvalue weighted by Crippen LogP contribution is -2.54. The molecular formula is C23H32N4O3. The quantitative estimate of drug-likeness (QED) is 0.786. The van der Waals surface area contributed by atoms with E-state index in [1.54, 1.807) is 6.92 Å². The van der Waals surface area contributed by atoms with Crippen LogP contribution in [0.3, 0.4) is 0 Å². The molecule has 1 aliphatic heterocycles. The number of carbonyl (C=O) groups is 1. The lowest BCUT2D eigenvalue weighted by molar-refractivity contribution is -0.137. The van der Waals surface area contributed by atoms with E-state index in [1.807, 2.05) is 0 Å². The first kappa shape index (κ1) is 21.0. The minimum absolute atomic E-state index is 0.253. The molecule has 0 bridgehead atoms. The third-order valence-corrected chi connectivity index (χ3v) is 6.26. The fourth-order valence-electron chi connectivity index (χ4n) is 4.34. The second-order valence-corrected chi connectivity index (χ2v) is 8.98. The Balaban J connectivity index is 1.44. The summed E-state index contributed by atoms with van der Waals surface area (Å²) in [5.41, 5.74) is 4.91. The van der Waals surface area contributed by atoms with Crippen LogP contribution in [0.5, 0.6) is 0 Å². The average molecular weight is 413 g/mol. The van der Waals surface area contributed by atoms with Gasteiger partial charge < -0.3 is 14.4 Å². The van der Waals surface area contributed by atoms with Crippen LogP contribution in [-0.2, 0) is 17.8 Å². The number of aliphatic hydroxyl groups excluding tert-OH is 1. The summed E-state index contributed by atoms with van der Waals surface area (Å²) in [4.78, 5) is 17.0. The molecule has 2 heterocycles. The Kier molecular flexibility index (Phi) is 5.93. The van der Waals surface area contributed by atoms with E-state index in [0.29, 0.717) is 24.1 Å². The fraction of sp³-hybridized carbons (Fsp3) is 0.609. The van der Waals surface area contributed by atoms with Crippen molar-refractivity contribution in [2.75, 3.05) is 19.6 Å². The highest BCUT2D eigenvalue weighted by molar-refractivity contribution is 5.81. The first-order valence-corrected chi connectivity index (χ1v) is 10.9. The van der Waals surface area contributed by atoms with Gasteiger partial charge in [0, 0.05) is 38.1 Å². The molecule has 1 aromatic heterocycles. The number of aliphatic hydroxyl groups is 1. The van der Waals surface area contributed by atoms with Gasteiger partial charge in [0.25, 0.3) is 0 Å². The molecule has 2 fully saturated rings. The van der Waals surface area contributed by atoms with Crippen LogP contribution in [0, 0.1) is 19.8 Å². The Hall–Kier alpha value is -2.25. The Labute approximate surface area is 178 Å². The highest BCUT2D eigenvalue weighted by Crippen LogP contribution is 2.32. The largest absolute Gasteiger partial charge is 0.422 e. The van der Waals surface area contributed by atoms with E-state index in [9.17, 15) is 9.90 Å². The van der Waals surface area contributed by atoms with Crippen molar-refractivity contribution in [3.63, 3.8) is 0 Å². The average Bonchev–Trinajstić information content (AvgIpc) is 3.43. The van der Waals surface area contributed by atoms with E-state index in [4.69, 9.17) is 4.42 Å². The van der Waals surface area contributed by atoms with Crippen LogP contribution in [0.1, 0.15) is 66.8 Å². The van der Waals surface area contributed by atoms with Crippen LogP contribution in [0.2, 0.25) is 0 Å². The van der Waals surface area contributed by atoms with Crippen molar-refractivity contribution < 1.29 is 14.3 Å². The van der Waals surface area contributed by atoms with Gasteiger partial charge in [0.15, 0.2) is 0 Å². The number of hydrogen-bond acceptors (Lipinski definition) is 6. The van der Waals surface area contributed by atoms with Gasteiger partial charge in [-0.15, -0.1) is 10.2 Å². The van der Waals surface area contributed by atoms with E-state index in [0.717, 1.165) is 39.0 Å². The second-order valence-electron chi connectivity index (χ2n) is 8.98. The summed E-state index contributed by atoms with van der Waals surface area (Å²) in [5.74, 6) is 1.42. The molecule has 4 rings (SSSR count). The van der Waals surface area contributed by atoms with Crippen LogP contribution >= 0.6 is 0 Å². The molecule has 1 N–H and O–H groups in total. The molecule has 30 heavy (non-hydrogen) atoms. The van der Waals surface area contributed by atoms with Crippen molar-refractivity contribution in [3.05, 3.63) is 46.2 Å². The number of aromatic nitrogens is 2. The first-order chi connectivity index (χ1) is 14.3. The molecular weight excluding hydrogens is 380 g/mol. The lowest BCUT2D eigenvalue weighted by atomic mass is 9.96. The summed E-state index contributed by atoms with van der Waals surface area (Å²) in [6.45, 7) is 11.5. The van der Waals surface area contributed by atoms with Crippen molar-refractivity contribution in [1.82, 2.24) is 20.0 Å². The predicted octanol–water partition coefficient (Wildman–Crippen LogP) is 2.77. The van der Waals surface area contributed by atoms with Gasteiger partial charge in [-0.05, 0) is 57.2 Å². The van der Waals surface area contributed by atoms with Gasteiger partial charge in [-0.3, -0.25) is 9.69 Å². The molecule has 0 unspecified atom stereocenters. The molecule has 7 heteroatoms. The number of aryl methyl sites for hydroxylation is 1. The summed E-state index contributed by atoms with van der Waals surface area (Å²) in [5, 5.41) is 17.6. The van der Waals surface area contributed by atoms with Crippen molar-refractivity contribution in [2.45, 2.75) is 65.6 Å². The molecule has 1 saturated carbocycles. The predicted molar refractivity (Wildman–Crippen MR) is 113 cm³/mol. The van der Waals surface area contributed by atoms with E-state index < -0.39 is 6.10 Å². The van der Waals surface area contributed by atoms with E-state index in [-0.39, 0.29) is 11.9 Å². The highest BCUT2D eigenvalue weighted by Gasteiger charge is 2.37. The van der Waals surface area contributed by atoms with Gasteiger partial charge in [-0.2, -0.15) is 0 Å². The molecule has 2 aliphatic rings.